The van der Waals surface area contributed by atoms with Gasteiger partial charge in [0.15, 0.2) is 0 Å². The summed E-state index contributed by atoms with van der Waals surface area (Å²) in [4.78, 5) is 25.4. The highest BCUT2D eigenvalue weighted by atomic mass is 16.5. The standard InChI is InChI=1S/C25H46O4/c1-5-7-9-11-13-15-17-28-24(26)22-20(3)19-21(4)23(22)25(27)29-18-16-14-12-10-8-6-2/h20-23H,5-19H2,1-4H3. The van der Waals surface area contributed by atoms with Crippen LogP contribution >= 0.6 is 0 Å². The van der Waals surface area contributed by atoms with E-state index in [-0.39, 0.29) is 35.6 Å². The van der Waals surface area contributed by atoms with Crippen molar-refractivity contribution in [2.75, 3.05) is 13.2 Å². The van der Waals surface area contributed by atoms with E-state index >= 15 is 0 Å². The fraction of sp³-hybridized carbons (Fsp3) is 0.920. The molecular formula is C25H46O4. The van der Waals surface area contributed by atoms with Crippen molar-refractivity contribution < 1.29 is 19.1 Å². The second kappa shape index (κ2) is 15.7. The molecular weight excluding hydrogens is 364 g/mol. The van der Waals surface area contributed by atoms with Crippen LogP contribution in [0.3, 0.4) is 0 Å². The monoisotopic (exact) mass is 410 g/mol. The molecule has 1 rings (SSSR count). The average molecular weight is 411 g/mol. The molecule has 4 unspecified atom stereocenters. The fourth-order valence-corrected chi connectivity index (χ4v) is 4.65. The molecule has 1 aliphatic rings. The van der Waals surface area contributed by atoms with E-state index in [4.69, 9.17) is 9.47 Å². The summed E-state index contributed by atoms with van der Waals surface area (Å²) in [5.41, 5.74) is 0. The first kappa shape index (κ1) is 26.0. The lowest BCUT2D eigenvalue weighted by Crippen LogP contribution is -2.33. The second-order valence-corrected chi connectivity index (χ2v) is 9.11. The summed E-state index contributed by atoms with van der Waals surface area (Å²) in [7, 11) is 0. The molecule has 4 heteroatoms. The zero-order valence-corrected chi connectivity index (χ0v) is 19.5. The number of ether oxygens (including phenoxy) is 2. The maximum absolute atomic E-state index is 12.7. The summed E-state index contributed by atoms with van der Waals surface area (Å²) in [5, 5.41) is 0. The molecule has 0 radical (unpaired) electrons. The molecule has 1 fully saturated rings. The summed E-state index contributed by atoms with van der Waals surface area (Å²) in [6, 6.07) is 0. The summed E-state index contributed by atoms with van der Waals surface area (Å²) < 4.78 is 11.1. The SMILES string of the molecule is CCCCCCCCOC(=O)C1C(C)CC(C)C1C(=O)OCCCCCCCC. The minimum Gasteiger partial charge on any atom is -0.465 e. The molecule has 0 aromatic heterocycles. The van der Waals surface area contributed by atoms with Gasteiger partial charge < -0.3 is 9.47 Å². The van der Waals surface area contributed by atoms with Crippen LogP contribution in [0.1, 0.15) is 111 Å². The molecule has 0 aliphatic heterocycles. The van der Waals surface area contributed by atoms with Gasteiger partial charge in [0.2, 0.25) is 0 Å². The van der Waals surface area contributed by atoms with Gasteiger partial charge in [0.25, 0.3) is 0 Å². The molecule has 170 valence electrons. The van der Waals surface area contributed by atoms with Crippen LogP contribution in [-0.2, 0) is 19.1 Å². The number of rotatable bonds is 16. The zero-order valence-electron chi connectivity index (χ0n) is 19.5. The quantitative estimate of drug-likeness (QED) is 0.210. The summed E-state index contributed by atoms with van der Waals surface area (Å²) in [6.45, 7) is 9.49. The molecule has 4 atom stereocenters. The average Bonchev–Trinajstić information content (AvgIpc) is 3.00. The smallest absolute Gasteiger partial charge is 0.310 e. The van der Waals surface area contributed by atoms with Crippen molar-refractivity contribution in [3.8, 4) is 0 Å². The first-order chi connectivity index (χ1) is 14.0. The minimum absolute atomic E-state index is 0.175. The normalized spacial score (nSPS) is 23.9. The third-order valence-electron chi connectivity index (χ3n) is 6.39. The van der Waals surface area contributed by atoms with E-state index in [0.717, 1.165) is 32.1 Å². The molecule has 0 heterocycles. The maximum atomic E-state index is 12.7. The van der Waals surface area contributed by atoms with Crippen molar-refractivity contribution in [3.05, 3.63) is 0 Å². The van der Waals surface area contributed by atoms with Crippen LogP contribution < -0.4 is 0 Å². The number of carbonyl (C=O) groups excluding carboxylic acids is 2. The van der Waals surface area contributed by atoms with Crippen LogP contribution in [0.5, 0.6) is 0 Å². The Hall–Kier alpha value is -1.06. The van der Waals surface area contributed by atoms with Crippen molar-refractivity contribution in [2.45, 2.75) is 111 Å². The van der Waals surface area contributed by atoms with Gasteiger partial charge in [-0.05, 0) is 31.1 Å². The molecule has 1 saturated carbocycles. The maximum Gasteiger partial charge on any atom is 0.310 e. The number of hydrogen-bond acceptors (Lipinski definition) is 4. The Morgan fingerprint density at radius 1 is 0.621 bits per heavy atom. The van der Waals surface area contributed by atoms with Crippen LogP contribution in [0.2, 0.25) is 0 Å². The van der Waals surface area contributed by atoms with E-state index in [2.05, 4.69) is 27.7 Å². The van der Waals surface area contributed by atoms with E-state index in [0.29, 0.717) is 13.2 Å². The molecule has 0 bridgehead atoms. The van der Waals surface area contributed by atoms with Gasteiger partial charge in [-0.2, -0.15) is 0 Å². The van der Waals surface area contributed by atoms with Crippen LogP contribution in [0.4, 0.5) is 0 Å². The lowest BCUT2D eigenvalue weighted by molar-refractivity contribution is -0.161. The van der Waals surface area contributed by atoms with Gasteiger partial charge >= 0.3 is 11.9 Å². The Balaban J connectivity index is 2.35. The molecule has 0 spiro atoms. The number of carbonyl (C=O) groups is 2. The number of hydrogen-bond donors (Lipinski definition) is 0. The Morgan fingerprint density at radius 3 is 1.34 bits per heavy atom. The van der Waals surface area contributed by atoms with Crippen LogP contribution in [0, 0.1) is 23.7 Å². The molecule has 0 aromatic carbocycles. The van der Waals surface area contributed by atoms with Crippen LogP contribution in [0.15, 0.2) is 0 Å². The molecule has 29 heavy (non-hydrogen) atoms. The van der Waals surface area contributed by atoms with Gasteiger partial charge in [-0.1, -0.05) is 91.9 Å². The Labute approximate surface area is 179 Å². The Morgan fingerprint density at radius 2 is 0.966 bits per heavy atom. The molecule has 0 N–H and O–H groups in total. The van der Waals surface area contributed by atoms with Crippen LogP contribution in [-0.4, -0.2) is 25.2 Å². The second-order valence-electron chi connectivity index (χ2n) is 9.11. The third kappa shape index (κ3) is 10.00. The lowest BCUT2D eigenvalue weighted by Gasteiger charge is -2.22. The highest BCUT2D eigenvalue weighted by Gasteiger charge is 2.48. The molecule has 4 nitrogen and oxygen atoms in total. The van der Waals surface area contributed by atoms with Gasteiger partial charge in [-0.25, -0.2) is 0 Å². The lowest BCUT2D eigenvalue weighted by atomic mass is 9.88. The van der Waals surface area contributed by atoms with Gasteiger partial charge in [0.05, 0.1) is 25.0 Å². The van der Waals surface area contributed by atoms with Crippen molar-refractivity contribution in [3.63, 3.8) is 0 Å². The summed E-state index contributed by atoms with van der Waals surface area (Å²) in [5.74, 6) is -0.736. The van der Waals surface area contributed by atoms with Crippen LogP contribution in [0.25, 0.3) is 0 Å². The van der Waals surface area contributed by atoms with Gasteiger partial charge in [0.1, 0.15) is 0 Å². The highest BCUT2D eigenvalue weighted by Crippen LogP contribution is 2.42. The number of esters is 2. The fourth-order valence-electron chi connectivity index (χ4n) is 4.65. The third-order valence-corrected chi connectivity index (χ3v) is 6.39. The first-order valence-corrected chi connectivity index (χ1v) is 12.4. The van der Waals surface area contributed by atoms with Gasteiger partial charge in [-0.15, -0.1) is 0 Å². The number of unbranched alkanes of at least 4 members (excludes halogenated alkanes) is 10. The largest absolute Gasteiger partial charge is 0.465 e. The molecule has 1 aliphatic carbocycles. The molecule has 0 amide bonds. The van der Waals surface area contributed by atoms with E-state index < -0.39 is 0 Å². The zero-order chi connectivity index (χ0) is 21.5. The summed E-state index contributed by atoms with van der Waals surface area (Å²) >= 11 is 0. The van der Waals surface area contributed by atoms with Gasteiger partial charge in [-0.3, -0.25) is 9.59 Å². The topological polar surface area (TPSA) is 52.6 Å². The summed E-state index contributed by atoms with van der Waals surface area (Å²) in [6.07, 6.45) is 14.9. The van der Waals surface area contributed by atoms with Crippen molar-refractivity contribution in [1.82, 2.24) is 0 Å². The van der Waals surface area contributed by atoms with Crippen molar-refractivity contribution in [2.24, 2.45) is 23.7 Å². The van der Waals surface area contributed by atoms with E-state index in [1.54, 1.807) is 0 Å². The Bertz CT molecular complexity index is 408. The minimum atomic E-state index is -0.345. The predicted molar refractivity (Wildman–Crippen MR) is 119 cm³/mol. The first-order valence-electron chi connectivity index (χ1n) is 12.4. The van der Waals surface area contributed by atoms with Crippen molar-refractivity contribution in [1.29, 1.82) is 0 Å². The highest BCUT2D eigenvalue weighted by molar-refractivity contribution is 5.83. The van der Waals surface area contributed by atoms with E-state index in [1.165, 1.54) is 51.4 Å². The van der Waals surface area contributed by atoms with Gasteiger partial charge in [0, 0.05) is 0 Å². The molecule has 0 saturated heterocycles. The Kier molecular flexibility index (Phi) is 14.1. The predicted octanol–water partition coefficient (Wildman–Crippen LogP) is 6.70. The van der Waals surface area contributed by atoms with Crippen molar-refractivity contribution >= 4 is 11.9 Å². The van der Waals surface area contributed by atoms with E-state index in [9.17, 15) is 9.59 Å². The van der Waals surface area contributed by atoms with E-state index in [1.807, 2.05) is 0 Å². The molecule has 0 aromatic rings.